The molecule has 0 aliphatic heterocycles. The number of rotatable bonds is 8. The summed E-state index contributed by atoms with van der Waals surface area (Å²) in [4.78, 5) is 0. The van der Waals surface area contributed by atoms with E-state index in [-0.39, 0.29) is 18.3 Å². The van der Waals surface area contributed by atoms with Gasteiger partial charge in [0.1, 0.15) is 12.4 Å². The van der Waals surface area contributed by atoms with Crippen molar-refractivity contribution in [2.45, 2.75) is 25.4 Å². The monoisotopic (exact) mass is 293 g/mol. The van der Waals surface area contributed by atoms with Crippen molar-refractivity contribution < 1.29 is 22.3 Å². The lowest BCUT2D eigenvalue weighted by Crippen LogP contribution is -2.20. The van der Waals surface area contributed by atoms with Gasteiger partial charge in [0.05, 0.1) is 0 Å². The van der Waals surface area contributed by atoms with E-state index in [1.165, 1.54) is 6.07 Å². The van der Waals surface area contributed by atoms with Crippen molar-refractivity contribution in [3.63, 3.8) is 0 Å². The number of hydrogen-bond donors (Lipinski definition) is 1. The Morgan fingerprint density at radius 2 is 1.90 bits per heavy atom. The SMILES string of the molecule is NCC(CCCOCC(F)(F)F)Cc1ccccc1F. The molecule has 1 aromatic rings. The molecule has 2 N–H and O–H groups in total. The first-order valence-corrected chi connectivity index (χ1v) is 6.50. The summed E-state index contributed by atoms with van der Waals surface area (Å²) in [6.07, 6.45) is -2.71. The molecule has 0 amide bonds. The Morgan fingerprint density at radius 3 is 2.50 bits per heavy atom. The van der Waals surface area contributed by atoms with Gasteiger partial charge < -0.3 is 10.5 Å². The number of hydrogen-bond acceptors (Lipinski definition) is 2. The van der Waals surface area contributed by atoms with Crippen LogP contribution in [0.3, 0.4) is 0 Å². The van der Waals surface area contributed by atoms with E-state index < -0.39 is 12.8 Å². The first kappa shape index (κ1) is 16.9. The minimum Gasteiger partial charge on any atom is -0.372 e. The molecule has 1 atom stereocenters. The van der Waals surface area contributed by atoms with Gasteiger partial charge in [0, 0.05) is 6.61 Å². The molecule has 0 bridgehead atoms. The zero-order valence-electron chi connectivity index (χ0n) is 11.1. The van der Waals surface area contributed by atoms with E-state index in [1.807, 2.05) is 0 Å². The molecule has 20 heavy (non-hydrogen) atoms. The van der Waals surface area contributed by atoms with Gasteiger partial charge in [-0.15, -0.1) is 0 Å². The summed E-state index contributed by atoms with van der Waals surface area (Å²) in [5, 5.41) is 0. The Kier molecular flexibility index (Phi) is 6.95. The second-order valence-corrected chi connectivity index (χ2v) is 4.71. The van der Waals surface area contributed by atoms with E-state index in [0.717, 1.165) is 0 Å². The Labute approximate surface area is 115 Å². The fraction of sp³-hybridized carbons (Fsp3) is 0.571. The number of benzene rings is 1. The number of nitrogens with two attached hydrogens (primary N) is 1. The Bertz CT molecular complexity index is 395. The summed E-state index contributed by atoms with van der Waals surface area (Å²) in [6.45, 7) is -0.825. The number of ether oxygens (including phenoxy) is 1. The van der Waals surface area contributed by atoms with Crippen LogP contribution in [0.4, 0.5) is 17.6 Å². The highest BCUT2D eigenvalue weighted by molar-refractivity contribution is 5.17. The van der Waals surface area contributed by atoms with Crippen LogP contribution < -0.4 is 5.73 Å². The van der Waals surface area contributed by atoms with Crippen LogP contribution in [0, 0.1) is 11.7 Å². The van der Waals surface area contributed by atoms with Crippen molar-refractivity contribution in [3.8, 4) is 0 Å². The predicted molar refractivity (Wildman–Crippen MR) is 68.8 cm³/mol. The van der Waals surface area contributed by atoms with Gasteiger partial charge in [-0.1, -0.05) is 18.2 Å². The van der Waals surface area contributed by atoms with Crippen LogP contribution in [-0.2, 0) is 11.2 Å². The Balaban J connectivity index is 2.28. The minimum absolute atomic E-state index is 0.0350. The molecular weight excluding hydrogens is 274 g/mol. The highest BCUT2D eigenvalue weighted by Gasteiger charge is 2.27. The zero-order valence-corrected chi connectivity index (χ0v) is 11.1. The molecule has 0 heterocycles. The van der Waals surface area contributed by atoms with E-state index in [1.54, 1.807) is 18.2 Å². The van der Waals surface area contributed by atoms with Crippen molar-refractivity contribution in [1.82, 2.24) is 0 Å². The van der Waals surface area contributed by atoms with Crippen LogP contribution >= 0.6 is 0 Å². The first-order chi connectivity index (χ1) is 9.42. The van der Waals surface area contributed by atoms with Crippen molar-refractivity contribution >= 4 is 0 Å². The number of alkyl halides is 3. The highest BCUT2D eigenvalue weighted by Crippen LogP contribution is 2.17. The summed E-state index contributed by atoms with van der Waals surface area (Å²) in [7, 11) is 0. The summed E-state index contributed by atoms with van der Waals surface area (Å²) in [5.41, 5.74) is 6.19. The average Bonchev–Trinajstić information content (AvgIpc) is 2.38. The molecule has 1 rings (SSSR count). The second kappa shape index (κ2) is 8.21. The van der Waals surface area contributed by atoms with E-state index in [0.29, 0.717) is 31.4 Å². The zero-order chi connectivity index (χ0) is 15.0. The fourth-order valence-electron chi connectivity index (χ4n) is 1.94. The molecule has 0 saturated heterocycles. The van der Waals surface area contributed by atoms with Gasteiger partial charge in [0.15, 0.2) is 0 Å². The molecule has 1 unspecified atom stereocenters. The average molecular weight is 293 g/mol. The highest BCUT2D eigenvalue weighted by atomic mass is 19.4. The third-order valence-electron chi connectivity index (χ3n) is 2.97. The van der Waals surface area contributed by atoms with E-state index in [4.69, 9.17) is 5.73 Å². The van der Waals surface area contributed by atoms with Crippen LogP contribution in [-0.4, -0.2) is 25.9 Å². The lowest BCUT2D eigenvalue weighted by atomic mass is 9.95. The van der Waals surface area contributed by atoms with Crippen molar-refractivity contribution in [2.75, 3.05) is 19.8 Å². The van der Waals surface area contributed by atoms with E-state index in [2.05, 4.69) is 4.74 Å². The lowest BCUT2D eigenvalue weighted by molar-refractivity contribution is -0.174. The molecule has 0 radical (unpaired) electrons. The first-order valence-electron chi connectivity index (χ1n) is 6.50. The fourth-order valence-corrected chi connectivity index (χ4v) is 1.94. The van der Waals surface area contributed by atoms with E-state index >= 15 is 0 Å². The largest absolute Gasteiger partial charge is 0.411 e. The van der Waals surface area contributed by atoms with Crippen LogP contribution in [0.15, 0.2) is 24.3 Å². The summed E-state index contributed by atoms with van der Waals surface area (Å²) >= 11 is 0. The smallest absolute Gasteiger partial charge is 0.372 e. The Hall–Kier alpha value is -1.14. The van der Waals surface area contributed by atoms with Gasteiger partial charge in [0.25, 0.3) is 0 Å². The molecule has 0 aliphatic rings. The van der Waals surface area contributed by atoms with E-state index in [9.17, 15) is 17.6 Å². The molecule has 0 spiro atoms. The van der Waals surface area contributed by atoms with Gasteiger partial charge in [-0.2, -0.15) is 13.2 Å². The maximum atomic E-state index is 13.5. The molecule has 1 aromatic carbocycles. The van der Waals surface area contributed by atoms with Crippen LogP contribution in [0.25, 0.3) is 0 Å². The maximum Gasteiger partial charge on any atom is 0.411 e. The maximum absolute atomic E-state index is 13.5. The summed E-state index contributed by atoms with van der Waals surface area (Å²) < 4.78 is 53.6. The van der Waals surface area contributed by atoms with Gasteiger partial charge in [0.2, 0.25) is 0 Å². The van der Waals surface area contributed by atoms with Crippen LogP contribution in [0.5, 0.6) is 0 Å². The molecular formula is C14H19F4NO. The number of halogens is 4. The molecule has 2 nitrogen and oxygen atoms in total. The standard InChI is InChI=1S/C14H19F4NO/c15-13-6-2-1-5-12(13)8-11(9-19)4-3-7-20-10-14(16,17)18/h1-2,5-6,11H,3-4,7-10,19H2. The topological polar surface area (TPSA) is 35.2 Å². The molecule has 114 valence electrons. The summed E-state index contributed by atoms with van der Waals surface area (Å²) in [5.74, 6) is -0.236. The molecule has 0 saturated carbocycles. The van der Waals surface area contributed by atoms with Crippen molar-refractivity contribution in [3.05, 3.63) is 35.6 Å². The lowest BCUT2D eigenvalue weighted by Gasteiger charge is -2.15. The molecule has 0 aromatic heterocycles. The van der Waals surface area contributed by atoms with Gasteiger partial charge >= 0.3 is 6.18 Å². The molecule has 6 heteroatoms. The van der Waals surface area contributed by atoms with Crippen LogP contribution in [0.2, 0.25) is 0 Å². The quantitative estimate of drug-likeness (QED) is 0.589. The van der Waals surface area contributed by atoms with Gasteiger partial charge in [-0.3, -0.25) is 0 Å². The van der Waals surface area contributed by atoms with Gasteiger partial charge in [-0.25, -0.2) is 4.39 Å². The van der Waals surface area contributed by atoms with Crippen LogP contribution in [0.1, 0.15) is 18.4 Å². The molecule has 0 aliphatic carbocycles. The van der Waals surface area contributed by atoms with Crippen molar-refractivity contribution in [2.24, 2.45) is 11.7 Å². The second-order valence-electron chi connectivity index (χ2n) is 4.71. The molecule has 0 fully saturated rings. The predicted octanol–water partition coefficient (Wildman–Crippen LogP) is 3.30. The summed E-state index contributed by atoms with van der Waals surface area (Å²) in [6, 6.07) is 6.44. The normalized spacial score (nSPS) is 13.4. The third-order valence-corrected chi connectivity index (χ3v) is 2.97. The Morgan fingerprint density at radius 1 is 1.20 bits per heavy atom. The minimum atomic E-state index is -4.29. The van der Waals surface area contributed by atoms with Crippen molar-refractivity contribution in [1.29, 1.82) is 0 Å². The van der Waals surface area contributed by atoms with Gasteiger partial charge in [-0.05, 0) is 43.4 Å². The third kappa shape index (κ3) is 6.86.